The fraction of sp³-hybridized carbons (Fsp3) is 0.231. The van der Waals surface area contributed by atoms with E-state index in [-0.39, 0.29) is 0 Å². The summed E-state index contributed by atoms with van der Waals surface area (Å²) >= 11 is 0. The summed E-state index contributed by atoms with van der Waals surface area (Å²) < 4.78 is 8.39. The molecule has 0 radical (unpaired) electrons. The molecule has 0 spiro atoms. The lowest BCUT2D eigenvalue weighted by atomic mass is 9.99. The maximum atomic E-state index is 10.2. The molecule has 3 aromatic carbocycles. The molecular formula is C26H27NO2. The van der Waals surface area contributed by atoms with Gasteiger partial charge in [-0.25, -0.2) is 0 Å². The Labute approximate surface area is 172 Å². The van der Waals surface area contributed by atoms with Crippen LogP contribution < -0.4 is 4.74 Å². The normalized spacial score (nSPS) is 11.3. The largest absolute Gasteiger partial charge is 0.507 e. The average Bonchev–Trinajstić information content (AvgIpc) is 3.04. The zero-order chi connectivity index (χ0) is 20.4. The Balaban J connectivity index is 1.62. The van der Waals surface area contributed by atoms with Crippen molar-refractivity contribution in [1.82, 2.24) is 4.57 Å². The number of phenolic OH excluding ortho intramolecular Hbond substituents is 1. The Bertz CT molecular complexity index is 1130. The number of rotatable bonds is 6. The van der Waals surface area contributed by atoms with E-state index in [4.69, 9.17) is 4.74 Å². The summed E-state index contributed by atoms with van der Waals surface area (Å²) in [5.41, 5.74) is 5.80. The number of benzene rings is 3. The van der Waals surface area contributed by atoms with E-state index in [0.717, 1.165) is 28.9 Å². The number of aryl methyl sites for hydroxylation is 1. The zero-order valence-electron chi connectivity index (χ0n) is 17.2. The van der Waals surface area contributed by atoms with E-state index >= 15 is 0 Å². The quantitative estimate of drug-likeness (QED) is 0.416. The van der Waals surface area contributed by atoms with Crippen LogP contribution in [0.25, 0.3) is 10.9 Å². The van der Waals surface area contributed by atoms with E-state index in [1.165, 1.54) is 16.7 Å². The molecular weight excluding hydrogens is 358 g/mol. The summed E-state index contributed by atoms with van der Waals surface area (Å²) in [6.45, 7) is 7.81. The van der Waals surface area contributed by atoms with E-state index in [1.54, 1.807) is 6.07 Å². The van der Waals surface area contributed by atoms with Gasteiger partial charge in [0.05, 0.1) is 5.52 Å². The van der Waals surface area contributed by atoms with Crippen LogP contribution in [-0.2, 0) is 13.2 Å². The van der Waals surface area contributed by atoms with Crippen molar-refractivity contribution in [2.75, 3.05) is 0 Å². The summed E-state index contributed by atoms with van der Waals surface area (Å²) in [6.07, 6.45) is 0. The predicted molar refractivity (Wildman–Crippen MR) is 119 cm³/mol. The van der Waals surface area contributed by atoms with E-state index < -0.39 is 0 Å². The van der Waals surface area contributed by atoms with E-state index in [9.17, 15) is 5.11 Å². The molecule has 0 aliphatic rings. The molecule has 0 bridgehead atoms. The maximum Gasteiger partial charge on any atom is 0.124 e. The highest BCUT2D eigenvalue weighted by Crippen LogP contribution is 2.31. The van der Waals surface area contributed by atoms with Gasteiger partial charge in [0.2, 0.25) is 0 Å². The van der Waals surface area contributed by atoms with E-state index in [1.807, 2.05) is 30.3 Å². The first-order valence-electron chi connectivity index (χ1n) is 10.1. The smallest absolute Gasteiger partial charge is 0.124 e. The van der Waals surface area contributed by atoms with Crippen LogP contribution in [0, 0.1) is 6.92 Å². The lowest BCUT2D eigenvalue weighted by molar-refractivity contribution is 0.301. The number of phenols is 1. The van der Waals surface area contributed by atoms with Gasteiger partial charge in [0.1, 0.15) is 18.1 Å². The first-order chi connectivity index (χ1) is 14.0. The molecule has 0 saturated carbocycles. The van der Waals surface area contributed by atoms with Crippen LogP contribution in [0.4, 0.5) is 0 Å². The molecule has 3 nitrogen and oxygen atoms in total. The van der Waals surface area contributed by atoms with Crippen molar-refractivity contribution in [3.05, 3.63) is 95.2 Å². The first kappa shape index (κ1) is 19.1. The monoisotopic (exact) mass is 385 g/mol. The standard InChI is InChI=1S/C26H27NO2/c1-18(2)22-15-21(12-13-26(22)29-17-20-8-5-4-6-9-20)16-27-19(3)14-23-24(27)10-7-11-25(23)28/h4-15,18,28H,16-17H2,1-3H3. The van der Waals surface area contributed by atoms with Crippen molar-refractivity contribution in [2.24, 2.45) is 0 Å². The summed E-state index contributed by atoms with van der Waals surface area (Å²) in [4.78, 5) is 0. The number of aromatic nitrogens is 1. The first-order valence-corrected chi connectivity index (χ1v) is 10.1. The number of hydrogen-bond acceptors (Lipinski definition) is 2. The zero-order valence-corrected chi connectivity index (χ0v) is 17.2. The lowest BCUT2D eigenvalue weighted by Gasteiger charge is -2.17. The average molecular weight is 386 g/mol. The van der Waals surface area contributed by atoms with Gasteiger partial charge in [-0.1, -0.05) is 62.4 Å². The molecule has 0 unspecified atom stereocenters. The molecule has 4 rings (SSSR count). The van der Waals surface area contributed by atoms with Gasteiger partial charge in [-0.15, -0.1) is 0 Å². The second-order valence-corrected chi connectivity index (χ2v) is 7.88. The number of fused-ring (bicyclic) bond motifs is 1. The van der Waals surface area contributed by atoms with Crippen molar-refractivity contribution < 1.29 is 9.84 Å². The molecule has 3 heteroatoms. The van der Waals surface area contributed by atoms with Crippen LogP contribution in [-0.4, -0.2) is 9.67 Å². The fourth-order valence-corrected chi connectivity index (χ4v) is 3.81. The topological polar surface area (TPSA) is 34.4 Å². The Morgan fingerprint density at radius 2 is 1.69 bits per heavy atom. The van der Waals surface area contributed by atoms with Gasteiger partial charge in [0.15, 0.2) is 0 Å². The molecule has 29 heavy (non-hydrogen) atoms. The molecule has 1 heterocycles. The number of aromatic hydroxyl groups is 1. The molecule has 0 saturated heterocycles. The van der Waals surface area contributed by atoms with Crippen molar-refractivity contribution in [2.45, 2.75) is 39.8 Å². The molecule has 0 aliphatic carbocycles. The third kappa shape index (κ3) is 4.00. The van der Waals surface area contributed by atoms with Crippen molar-refractivity contribution in [3.8, 4) is 11.5 Å². The molecule has 1 aromatic heterocycles. The predicted octanol–water partition coefficient (Wildman–Crippen LogP) is 6.41. The van der Waals surface area contributed by atoms with Crippen LogP contribution in [0.1, 0.15) is 42.1 Å². The van der Waals surface area contributed by atoms with Crippen molar-refractivity contribution in [1.29, 1.82) is 0 Å². The van der Waals surface area contributed by atoms with Gasteiger partial charge in [-0.3, -0.25) is 0 Å². The summed E-state index contributed by atoms with van der Waals surface area (Å²) in [7, 11) is 0. The van der Waals surface area contributed by atoms with Gasteiger partial charge in [0.25, 0.3) is 0 Å². The van der Waals surface area contributed by atoms with Crippen molar-refractivity contribution >= 4 is 10.9 Å². The number of ether oxygens (including phenoxy) is 1. The molecule has 4 aromatic rings. The van der Waals surface area contributed by atoms with Crippen LogP contribution in [0.3, 0.4) is 0 Å². The highest BCUT2D eigenvalue weighted by Gasteiger charge is 2.13. The minimum atomic E-state index is 0.330. The third-order valence-electron chi connectivity index (χ3n) is 5.40. The number of nitrogens with zero attached hydrogens (tertiary/aromatic N) is 1. The molecule has 0 amide bonds. The maximum absolute atomic E-state index is 10.2. The fourth-order valence-electron chi connectivity index (χ4n) is 3.81. The summed E-state index contributed by atoms with van der Waals surface area (Å²) in [5.74, 6) is 1.64. The molecule has 148 valence electrons. The van der Waals surface area contributed by atoms with Crippen molar-refractivity contribution in [3.63, 3.8) is 0 Å². The van der Waals surface area contributed by atoms with E-state index in [2.05, 4.69) is 61.7 Å². The second-order valence-electron chi connectivity index (χ2n) is 7.88. The Hall–Kier alpha value is -3.20. The van der Waals surface area contributed by atoms with Gasteiger partial charge >= 0.3 is 0 Å². The lowest BCUT2D eigenvalue weighted by Crippen LogP contribution is -2.04. The summed E-state index contributed by atoms with van der Waals surface area (Å²) in [6, 6.07) is 24.5. The van der Waals surface area contributed by atoms with Crippen LogP contribution in [0.5, 0.6) is 11.5 Å². The van der Waals surface area contributed by atoms with Gasteiger partial charge in [0, 0.05) is 17.6 Å². The Kier molecular flexibility index (Phi) is 5.30. The highest BCUT2D eigenvalue weighted by molar-refractivity contribution is 5.87. The molecule has 0 atom stereocenters. The number of hydrogen-bond donors (Lipinski definition) is 1. The molecule has 0 aliphatic heterocycles. The molecule has 0 fully saturated rings. The van der Waals surface area contributed by atoms with Gasteiger partial charge in [-0.05, 0) is 53.8 Å². The molecule has 1 N–H and O–H groups in total. The Morgan fingerprint density at radius 3 is 2.45 bits per heavy atom. The highest BCUT2D eigenvalue weighted by atomic mass is 16.5. The second kappa shape index (κ2) is 8.04. The third-order valence-corrected chi connectivity index (χ3v) is 5.40. The van der Waals surface area contributed by atoms with E-state index in [0.29, 0.717) is 18.3 Å². The summed E-state index contributed by atoms with van der Waals surface area (Å²) in [5, 5.41) is 11.1. The Morgan fingerprint density at radius 1 is 0.897 bits per heavy atom. The van der Waals surface area contributed by atoms with Gasteiger partial charge in [-0.2, -0.15) is 0 Å². The van der Waals surface area contributed by atoms with Gasteiger partial charge < -0.3 is 14.4 Å². The minimum absolute atomic E-state index is 0.330. The SMILES string of the molecule is Cc1cc2c(O)cccc2n1Cc1ccc(OCc2ccccc2)c(C(C)C)c1. The van der Waals surface area contributed by atoms with Crippen LogP contribution in [0.15, 0.2) is 72.8 Å². The van der Waals surface area contributed by atoms with Crippen LogP contribution >= 0.6 is 0 Å². The van der Waals surface area contributed by atoms with Crippen LogP contribution in [0.2, 0.25) is 0 Å². The minimum Gasteiger partial charge on any atom is -0.507 e.